The molecule has 0 spiro atoms. The second kappa shape index (κ2) is 9.58. The zero-order chi connectivity index (χ0) is 23.4. The Morgan fingerprint density at radius 3 is 2.73 bits per heavy atom. The average molecular weight is 453 g/mol. The van der Waals surface area contributed by atoms with E-state index in [2.05, 4.69) is 20.3 Å². The molecule has 33 heavy (non-hydrogen) atoms. The van der Waals surface area contributed by atoms with Crippen LogP contribution in [0.2, 0.25) is 0 Å². The average Bonchev–Trinajstić information content (AvgIpc) is 2.81. The van der Waals surface area contributed by atoms with Gasteiger partial charge in [-0.15, -0.1) is 0 Å². The Morgan fingerprint density at radius 1 is 1.24 bits per heavy atom. The topological polar surface area (TPSA) is 91.0 Å². The van der Waals surface area contributed by atoms with Crippen molar-refractivity contribution in [2.75, 3.05) is 18.4 Å². The van der Waals surface area contributed by atoms with Gasteiger partial charge in [0.1, 0.15) is 5.82 Å². The minimum atomic E-state index is -2.92. The first-order valence-corrected chi connectivity index (χ1v) is 10.8. The lowest BCUT2D eigenvalue weighted by molar-refractivity contribution is -0.125. The highest BCUT2D eigenvalue weighted by atomic mass is 19.3. The zero-order valence-electron chi connectivity index (χ0n) is 18.2. The first-order valence-electron chi connectivity index (χ1n) is 10.8. The Morgan fingerprint density at radius 2 is 2.06 bits per heavy atom. The molecule has 0 aliphatic carbocycles. The number of rotatable bonds is 6. The van der Waals surface area contributed by atoms with Crippen molar-refractivity contribution in [3.05, 3.63) is 88.2 Å². The summed E-state index contributed by atoms with van der Waals surface area (Å²) in [5.41, 5.74) is 2.05. The fraction of sp³-hybridized carbons (Fsp3) is 0.333. The summed E-state index contributed by atoms with van der Waals surface area (Å²) in [4.78, 5) is 36.7. The summed E-state index contributed by atoms with van der Waals surface area (Å²) in [5, 5.41) is 2.77. The lowest BCUT2D eigenvalue weighted by atomic mass is 9.87. The Balaban J connectivity index is 1.39. The number of aromatic amines is 1. The molecule has 9 heteroatoms. The molecule has 3 aromatic heterocycles. The van der Waals surface area contributed by atoms with Gasteiger partial charge in [-0.2, -0.15) is 0 Å². The molecule has 1 aliphatic heterocycles. The van der Waals surface area contributed by atoms with Crippen molar-refractivity contribution in [3.8, 4) is 0 Å². The molecule has 4 heterocycles. The monoisotopic (exact) mass is 453 g/mol. The molecular weight excluding hydrogens is 428 g/mol. The van der Waals surface area contributed by atoms with E-state index in [1.807, 2.05) is 18.2 Å². The number of H-pyrrole nitrogens is 1. The number of carbonyl (C=O) groups excluding carboxylic acids is 1. The van der Waals surface area contributed by atoms with E-state index in [0.29, 0.717) is 17.8 Å². The van der Waals surface area contributed by atoms with Gasteiger partial charge in [0, 0.05) is 56.8 Å². The van der Waals surface area contributed by atoms with Gasteiger partial charge in [0.25, 0.3) is 5.92 Å². The molecule has 172 valence electrons. The number of pyridine rings is 3. The van der Waals surface area contributed by atoms with Crippen LogP contribution in [0.5, 0.6) is 0 Å². The molecule has 0 aromatic carbocycles. The van der Waals surface area contributed by atoms with Gasteiger partial charge in [0.05, 0.1) is 12.0 Å². The molecule has 3 aromatic rings. The van der Waals surface area contributed by atoms with Gasteiger partial charge >= 0.3 is 0 Å². The van der Waals surface area contributed by atoms with Crippen LogP contribution < -0.4 is 10.9 Å². The first kappa shape index (κ1) is 22.7. The number of halogens is 2. The van der Waals surface area contributed by atoms with Gasteiger partial charge < -0.3 is 10.3 Å². The number of likely N-dealkylation sites (tertiary alicyclic amines) is 1. The molecular formula is C24H25F2N5O2. The molecule has 1 fully saturated rings. The predicted octanol–water partition coefficient (Wildman–Crippen LogP) is 3.21. The largest absolute Gasteiger partial charge is 0.329 e. The summed E-state index contributed by atoms with van der Waals surface area (Å²) >= 11 is 0. The number of nitrogens with one attached hydrogen (secondary N) is 2. The fourth-order valence-corrected chi connectivity index (χ4v) is 4.00. The van der Waals surface area contributed by atoms with E-state index in [9.17, 15) is 18.4 Å². The van der Waals surface area contributed by atoms with Crippen LogP contribution in [-0.2, 0) is 11.2 Å². The molecule has 1 amide bonds. The number of carbonyl (C=O) groups is 1. The number of piperidine rings is 1. The van der Waals surface area contributed by atoms with E-state index in [-0.39, 0.29) is 31.0 Å². The van der Waals surface area contributed by atoms with Gasteiger partial charge in [0.15, 0.2) is 0 Å². The van der Waals surface area contributed by atoms with Crippen LogP contribution in [0.1, 0.15) is 36.0 Å². The minimum Gasteiger partial charge on any atom is -0.329 e. The fourth-order valence-electron chi connectivity index (χ4n) is 4.00. The number of nitrogens with zero attached hydrogens (tertiary/aromatic N) is 3. The van der Waals surface area contributed by atoms with E-state index in [4.69, 9.17) is 0 Å². The lowest BCUT2D eigenvalue weighted by Gasteiger charge is -2.40. The maximum Gasteiger partial charge on any atom is 0.257 e. The summed E-state index contributed by atoms with van der Waals surface area (Å²) in [6.45, 7) is 1.80. The number of aromatic nitrogens is 3. The molecule has 0 saturated carbocycles. The Labute approximate surface area is 189 Å². The Hall–Kier alpha value is -3.46. The van der Waals surface area contributed by atoms with Crippen molar-refractivity contribution in [2.24, 2.45) is 0 Å². The first-order chi connectivity index (χ1) is 15.8. The summed E-state index contributed by atoms with van der Waals surface area (Å²) in [7, 11) is 0. The van der Waals surface area contributed by atoms with Crippen molar-refractivity contribution < 1.29 is 13.6 Å². The van der Waals surface area contributed by atoms with Crippen molar-refractivity contribution >= 4 is 11.7 Å². The highest BCUT2D eigenvalue weighted by Crippen LogP contribution is 2.40. The van der Waals surface area contributed by atoms with Crippen LogP contribution in [0.25, 0.3) is 0 Å². The molecule has 0 bridgehead atoms. The highest BCUT2D eigenvalue weighted by molar-refractivity contribution is 5.93. The molecule has 2 atom stereocenters. The second-order valence-electron chi connectivity index (χ2n) is 8.30. The summed E-state index contributed by atoms with van der Waals surface area (Å²) in [5.74, 6) is -3.94. The standard InChI is InChI=1S/C24H25F2N5O2/c1-16(31-10-8-24(25,26)20(15-31)19-5-7-22(32)29-14-19)23(33)30-21-6-4-18(13-28-21)11-17-3-2-9-27-12-17/h2-7,9,12-14,16,20H,8,10-11,15H2,1H3,(H,29,32)(H,28,30,33). The molecule has 2 N–H and O–H groups in total. The minimum absolute atomic E-state index is 0.00507. The van der Waals surface area contributed by atoms with E-state index in [0.717, 1.165) is 11.1 Å². The maximum atomic E-state index is 14.6. The van der Waals surface area contributed by atoms with E-state index >= 15 is 0 Å². The molecule has 1 aliphatic rings. The van der Waals surface area contributed by atoms with Gasteiger partial charge in [-0.3, -0.25) is 19.5 Å². The molecule has 7 nitrogen and oxygen atoms in total. The van der Waals surface area contributed by atoms with E-state index in [1.54, 1.807) is 36.5 Å². The second-order valence-corrected chi connectivity index (χ2v) is 8.30. The van der Waals surface area contributed by atoms with Crippen LogP contribution in [0.3, 0.4) is 0 Å². The summed E-state index contributed by atoms with van der Waals surface area (Å²) in [6.07, 6.45) is 6.84. The SMILES string of the molecule is CC(C(=O)Nc1ccc(Cc2cccnc2)cn1)N1CCC(F)(F)C(c2ccc(=O)[nH]c2)C1. The van der Waals surface area contributed by atoms with Crippen LogP contribution in [-0.4, -0.2) is 50.8 Å². The third kappa shape index (κ3) is 5.48. The predicted molar refractivity (Wildman–Crippen MR) is 120 cm³/mol. The van der Waals surface area contributed by atoms with Gasteiger partial charge in [0.2, 0.25) is 11.5 Å². The number of anilines is 1. The van der Waals surface area contributed by atoms with Gasteiger partial charge in [-0.25, -0.2) is 13.8 Å². The number of amides is 1. The number of alkyl halides is 2. The molecule has 2 unspecified atom stereocenters. The third-order valence-electron chi connectivity index (χ3n) is 6.00. The third-order valence-corrected chi connectivity index (χ3v) is 6.00. The highest BCUT2D eigenvalue weighted by Gasteiger charge is 2.46. The van der Waals surface area contributed by atoms with Crippen molar-refractivity contribution in [1.29, 1.82) is 0 Å². The molecule has 0 radical (unpaired) electrons. The van der Waals surface area contributed by atoms with Crippen LogP contribution >= 0.6 is 0 Å². The maximum absolute atomic E-state index is 14.6. The summed E-state index contributed by atoms with van der Waals surface area (Å²) < 4.78 is 29.2. The molecule has 4 rings (SSSR count). The van der Waals surface area contributed by atoms with Crippen molar-refractivity contribution in [1.82, 2.24) is 19.9 Å². The Bertz CT molecular complexity index is 1130. The van der Waals surface area contributed by atoms with Gasteiger partial charge in [-0.1, -0.05) is 18.2 Å². The van der Waals surface area contributed by atoms with Crippen LogP contribution in [0.4, 0.5) is 14.6 Å². The number of hydrogen-bond acceptors (Lipinski definition) is 5. The van der Waals surface area contributed by atoms with Gasteiger partial charge in [-0.05, 0) is 35.7 Å². The number of hydrogen-bond donors (Lipinski definition) is 2. The summed E-state index contributed by atoms with van der Waals surface area (Å²) in [6, 6.07) is 9.50. The Kier molecular flexibility index (Phi) is 6.60. The quantitative estimate of drug-likeness (QED) is 0.598. The van der Waals surface area contributed by atoms with E-state index in [1.165, 1.54) is 18.3 Å². The zero-order valence-corrected chi connectivity index (χ0v) is 18.2. The smallest absolute Gasteiger partial charge is 0.257 e. The van der Waals surface area contributed by atoms with E-state index < -0.39 is 17.9 Å². The lowest BCUT2D eigenvalue weighted by Crippen LogP contribution is -2.52. The van der Waals surface area contributed by atoms with Crippen molar-refractivity contribution in [3.63, 3.8) is 0 Å². The van der Waals surface area contributed by atoms with Crippen LogP contribution in [0.15, 0.2) is 66.0 Å². The van der Waals surface area contributed by atoms with Crippen LogP contribution in [0, 0.1) is 0 Å². The molecule has 1 saturated heterocycles. The van der Waals surface area contributed by atoms with Crippen molar-refractivity contribution in [2.45, 2.75) is 37.6 Å². The normalized spacial score (nSPS) is 19.1.